The highest BCUT2D eigenvalue weighted by Gasteiger charge is 2.40. The fourth-order valence-corrected chi connectivity index (χ4v) is 2.80. The van der Waals surface area contributed by atoms with E-state index in [1.165, 1.54) is 43.5 Å². The molecule has 0 fully saturated rings. The molecule has 176 valence electrons. The van der Waals surface area contributed by atoms with Crippen molar-refractivity contribution in [3.05, 3.63) is 58.4 Å². The average molecular weight is 466 g/mol. The van der Waals surface area contributed by atoms with Crippen LogP contribution in [0.1, 0.15) is 25.5 Å². The zero-order valence-electron chi connectivity index (χ0n) is 17.9. The van der Waals surface area contributed by atoms with Gasteiger partial charge in [-0.3, -0.25) is 4.79 Å². The maximum Gasteiger partial charge on any atom is 0.453 e. The molecule has 2 aromatic carbocycles. The smallest absolute Gasteiger partial charge is 0.453 e. The van der Waals surface area contributed by atoms with Crippen molar-refractivity contribution in [2.24, 2.45) is 0 Å². The number of rotatable bonds is 9. The number of unbranched alkanes of at least 4 members (excludes halogenated alkanes) is 1. The van der Waals surface area contributed by atoms with Gasteiger partial charge in [-0.1, -0.05) is 13.3 Å². The lowest BCUT2D eigenvalue weighted by molar-refractivity contribution is -0.154. The number of fused-ring (bicyclic) bond motifs is 1. The molecule has 7 nitrogen and oxygen atoms in total. The molecule has 0 unspecified atom stereocenters. The summed E-state index contributed by atoms with van der Waals surface area (Å²) in [6.07, 6.45) is -3.45. The Labute approximate surface area is 186 Å². The van der Waals surface area contributed by atoms with Crippen LogP contribution in [0.5, 0.6) is 23.0 Å². The van der Waals surface area contributed by atoms with Gasteiger partial charge in [-0.15, -0.1) is 0 Å². The van der Waals surface area contributed by atoms with E-state index in [0.29, 0.717) is 12.2 Å². The van der Waals surface area contributed by atoms with Gasteiger partial charge in [-0.25, -0.2) is 4.79 Å². The minimum Gasteiger partial charge on any atom is -0.497 e. The molecule has 0 aliphatic rings. The summed E-state index contributed by atoms with van der Waals surface area (Å²) in [5.41, 5.74) is -1.38. The van der Waals surface area contributed by atoms with Crippen LogP contribution in [0.15, 0.2) is 51.7 Å². The minimum atomic E-state index is -5.00. The summed E-state index contributed by atoms with van der Waals surface area (Å²) >= 11 is 0. The third-order valence-electron chi connectivity index (χ3n) is 4.48. The number of benzene rings is 2. The zero-order valence-corrected chi connectivity index (χ0v) is 17.9. The van der Waals surface area contributed by atoms with E-state index in [9.17, 15) is 22.8 Å². The summed E-state index contributed by atoms with van der Waals surface area (Å²) in [7, 11) is 1.43. The second-order valence-electron chi connectivity index (χ2n) is 6.89. The number of hydrogen-bond donors (Lipinski definition) is 0. The van der Waals surface area contributed by atoms with E-state index in [4.69, 9.17) is 23.4 Å². The first kappa shape index (κ1) is 24.0. The monoisotopic (exact) mass is 466 g/mol. The fourth-order valence-electron chi connectivity index (χ4n) is 2.80. The molecule has 0 bridgehead atoms. The predicted molar refractivity (Wildman–Crippen MR) is 112 cm³/mol. The van der Waals surface area contributed by atoms with Gasteiger partial charge in [0, 0.05) is 6.07 Å². The SMILES string of the molecule is CCCCOC(=O)COc1ccc2c(=O)c(Oc3ccc(OC)cc3)c(C(F)(F)F)oc2c1. The van der Waals surface area contributed by atoms with Gasteiger partial charge in [0.1, 0.15) is 22.8 Å². The Hall–Kier alpha value is -3.69. The molecule has 0 saturated carbocycles. The molecule has 3 aromatic rings. The van der Waals surface area contributed by atoms with Crippen molar-refractivity contribution < 1.29 is 41.3 Å². The molecule has 1 aromatic heterocycles. The quantitative estimate of drug-likeness (QED) is 0.311. The number of esters is 1. The number of carbonyl (C=O) groups is 1. The highest BCUT2D eigenvalue weighted by atomic mass is 19.4. The lowest BCUT2D eigenvalue weighted by atomic mass is 10.2. The van der Waals surface area contributed by atoms with Crippen LogP contribution in [0, 0.1) is 0 Å². The number of alkyl halides is 3. The maximum atomic E-state index is 13.7. The summed E-state index contributed by atoms with van der Waals surface area (Å²) in [5, 5.41) is -0.149. The van der Waals surface area contributed by atoms with E-state index in [2.05, 4.69) is 0 Å². The topological polar surface area (TPSA) is 84.2 Å². The van der Waals surface area contributed by atoms with Crippen LogP contribution in [0.3, 0.4) is 0 Å². The molecule has 0 saturated heterocycles. The molecule has 0 aliphatic heterocycles. The lowest BCUT2D eigenvalue weighted by Crippen LogP contribution is -2.16. The van der Waals surface area contributed by atoms with Crippen molar-refractivity contribution in [3.63, 3.8) is 0 Å². The molecule has 1 heterocycles. The van der Waals surface area contributed by atoms with Crippen molar-refractivity contribution >= 4 is 16.9 Å². The van der Waals surface area contributed by atoms with Gasteiger partial charge in [0.2, 0.25) is 11.2 Å². The van der Waals surface area contributed by atoms with Gasteiger partial charge in [0.25, 0.3) is 5.76 Å². The van der Waals surface area contributed by atoms with E-state index >= 15 is 0 Å². The standard InChI is InChI=1S/C23H21F3O7/c1-3-4-11-30-19(27)13-31-16-9-10-17-18(12-16)33-22(23(24,25)26)21(20(17)28)32-15-7-5-14(29-2)6-8-15/h5-10,12H,3-4,11,13H2,1-2H3. The number of ether oxygens (including phenoxy) is 4. The predicted octanol–water partition coefficient (Wildman–Crippen LogP) is 5.33. The maximum absolute atomic E-state index is 13.7. The van der Waals surface area contributed by atoms with Gasteiger partial charge in [-0.05, 0) is 42.8 Å². The van der Waals surface area contributed by atoms with Crippen molar-refractivity contribution in [1.82, 2.24) is 0 Å². The van der Waals surface area contributed by atoms with E-state index < -0.39 is 35.7 Å². The molecule has 0 spiro atoms. The van der Waals surface area contributed by atoms with Gasteiger partial charge in [0.05, 0.1) is 19.1 Å². The third-order valence-corrected chi connectivity index (χ3v) is 4.48. The van der Waals surface area contributed by atoms with Crippen molar-refractivity contribution in [3.8, 4) is 23.0 Å². The average Bonchev–Trinajstić information content (AvgIpc) is 2.79. The number of halogens is 3. The van der Waals surface area contributed by atoms with Crippen molar-refractivity contribution in [2.75, 3.05) is 20.3 Å². The van der Waals surface area contributed by atoms with Gasteiger partial charge in [0.15, 0.2) is 6.61 Å². The summed E-state index contributed by atoms with van der Waals surface area (Å²) < 4.78 is 66.4. The summed E-state index contributed by atoms with van der Waals surface area (Å²) in [4.78, 5) is 24.5. The van der Waals surface area contributed by atoms with Crippen LogP contribution in [-0.4, -0.2) is 26.3 Å². The fraction of sp³-hybridized carbons (Fsp3) is 0.304. The first-order chi connectivity index (χ1) is 15.7. The second kappa shape index (κ2) is 10.3. The minimum absolute atomic E-state index is 0.00510. The van der Waals surface area contributed by atoms with Crippen molar-refractivity contribution in [2.45, 2.75) is 25.9 Å². The van der Waals surface area contributed by atoms with Gasteiger partial charge >= 0.3 is 12.1 Å². The second-order valence-corrected chi connectivity index (χ2v) is 6.89. The Morgan fingerprint density at radius 1 is 1.03 bits per heavy atom. The Morgan fingerprint density at radius 2 is 1.70 bits per heavy atom. The van der Waals surface area contributed by atoms with Gasteiger partial charge < -0.3 is 23.4 Å². The van der Waals surface area contributed by atoms with Crippen molar-refractivity contribution in [1.29, 1.82) is 0 Å². The number of methoxy groups -OCH3 is 1. The molecule has 0 N–H and O–H groups in total. The Kier molecular flexibility index (Phi) is 7.47. The molecule has 33 heavy (non-hydrogen) atoms. The highest BCUT2D eigenvalue weighted by Crippen LogP contribution is 2.38. The first-order valence-electron chi connectivity index (χ1n) is 10.0. The van der Waals surface area contributed by atoms with Crippen LogP contribution in [0.25, 0.3) is 11.0 Å². The Bertz CT molecular complexity index is 1170. The summed E-state index contributed by atoms with van der Waals surface area (Å²) in [6, 6.07) is 9.34. The largest absolute Gasteiger partial charge is 0.497 e. The van der Waals surface area contributed by atoms with Crippen LogP contribution < -0.4 is 19.6 Å². The first-order valence-corrected chi connectivity index (χ1v) is 10.0. The Morgan fingerprint density at radius 3 is 2.33 bits per heavy atom. The van der Waals surface area contributed by atoms with Crippen LogP contribution in [0.4, 0.5) is 13.2 Å². The zero-order chi connectivity index (χ0) is 24.0. The van der Waals surface area contributed by atoms with Crippen LogP contribution >= 0.6 is 0 Å². The van der Waals surface area contributed by atoms with Crippen LogP contribution in [-0.2, 0) is 15.7 Å². The lowest BCUT2D eigenvalue weighted by Gasteiger charge is -2.14. The molecule has 0 aliphatic carbocycles. The Balaban J connectivity index is 1.91. The molecule has 3 rings (SSSR count). The van der Waals surface area contributed by atoms with E-state index in [-0.39, 0.29) is 29.1 Å². The summed E-state index contributed by atoms with van der Waals surface area (Å²) in [5.74, 6) is -2.71. The molecule has 10 heteroatoms. The van der Waals surface area contributed by atoms with E-state index in [1.54, 1.807) is 0 Å². The van der Waals surface area contributed by atoms with Gasteiger partial charge in [-0.2, -0.15) is 13.2 Å². The molecule has 0 amide bonds. The number of carbonyl (C=O) groups excluding carboxylic acids is 1. The molecule has 0 radical (unpaired) electrons. The summed E-state index contributed by atoms with van der Waals surface area (Å²) in [6.45, 7) is 1.75. The van der Waals surface area contributed by atoms with Crippen LogP contribution in [0.2, 0.25) is 0 Å². The molecular weight excluding hydrogens is 445 g/mol. The van der Waals surface area contributed by atoms with E-state index in [0.717, 1.165) is 12.5 Å². The molecule has 0 atom stereocenters. The number of hydrogen-bond acceptors (Lipinski definition) is 7. The molecular formula is C23H21F3O7. The normalized spacial score (nSPS) is 11.3. The third kappa shape index (κ3) is 5.97. The van der Waals surface area contributed by atoms with E-state index in [1.807, 2.05) is 6.92 Å². The highest BCUT2D eigenvalue weighted by molar-refractivity contribution is 5.80.